The maximum absolute atomic E-state index is 5.78. The van der Waals surface area contributed by atoms with Crippen LogP contribution in [0.25, 0.3) is 10.9 Å². The average Bonchev–Trinajstić information content (AvgIpc) is 2.41. The van der Waals surface area contributed by atoms with E-state index in [4.69, 9.17) is 5.73 Å². The molecule has 0 unspecified atom stereocenters. The molecule has 0 aliphatic carbocycles. The summed E-state index contributed by atoms with van der Waals surface area (Å²) in [5, 5.41) is 4.47. The Labute approximate surface area is 125 Å². The summed E-state index contributed by atoms with van der Waals surface area (Å²) in [5.74, 6) is 0. The molecule has 1 heterocycles. The minimum absolute atomic E-state index is 0.728. The predicted octanol–water partition coefficient (Wildman–Crippen LogP) is 4.17. The summed E-state index contributed by atoms with van der Waals surface area (Å²) >= 11 is 2.29. The summed E-state index contributed by atoms with van der Waals surface area (Å²) < 4.78 is 1.22. The molecule has 0 spiro atoms. The Morgan fingerprint density at radius 3 is 2.58 bits per heavy atom. The number of nitrogens with two attached hydrogens (primary N) is 1. The van der Waals surface area contributed by atoms with Gasteiger partial charge in [-0.25, -0.2) is 0 Å². The van der Waals surface area contributed by atoms with Crippen molar-refractivity contribution in [1.29, 1.82) is 0 Å². The maximum atomic E-state index is 5.78. The summed E-state index contributed by atoms with van der Waals surface area (Å²) in [4.78, 5) is 4.34. The van der Waals surface area contributed by atoms with Gasteiger partial charge in [0.15, 0.2) is 0 Å². The quantitative estimate of drug-likeness (QED) is 0.532. The van der Waals surface area contributed by atoms with E-state index in [0.29, 0.717) is 0 Å². The molecular formula is C15H12IN3. The monoisotopic (exact) mass is 361 g/mol. The van der Waals surface area contributed by atoms with Crippen LogP contribution in [0, 0.1) is 3.57 Å². The minimum atomic E-state index is 0.728. The fourth-order valence-electron chi connectivity index (χ4n) is 1.96. The molecule has 0 fully saturated rings. The third kappa shape index (κ3) is 2.63. The normalized spacial score (nSPS) is 10.6. The molecule has 0 amide bonds. The van der Waals surface area contributed by atoms with E-state index in [2.05, 4.69) is 57.2 Å². The van der Waals surface area contributed by atoms with Crippen molar-refractivity contribution in [3.05, 3.63) is 58.3 Å². The van der Waals surface area contributed by atoms with Gasteiger partial charge in [-0.1, -0.05) is 0 Å². The van der Waals surface area contributed by atoms with E-state index in [0.717, 1.165) is 28.0 Å². The van der Waals surface area contributed by atoms with Crippen LogP contribution in [0.15, 0.2) is 54.7 Å². The number of hydrogen-bond donors (Lipinski definition) is 2. The minimum Gasteiger partial charge on any atom is -0.399 e. The van der Waals surface area contributed by atoms with Gasteiger partial charge in [-0.15, -0.1) is 0 Å². The first kappa shape index (κ1) is 12.2. The summed E-state index contributed by atoms with van der Waals surface area (Å²) in [7, 11) is 0. The SMILES string of the molecule is Nc1ccc2c(Nc3ccc(I)cc3)ccnc2c1. The molecule has 0 saturated heterocycles. The second-order valence-corrected chi connectivity index (χ2v) is 5.51. The summed E-state index contributed by atoms with van der Waals surface area (Å²) in [5.41, 5.74) is 9.50. The molecule has 3 N–H and O–H groups in total. The Morgan fingerprint density at radius 1 is 1.00 bits per heavy atom. The number of nitrogen functional groups attached to an aromatic ring is 1. The summed E-state index contributed by atoms with van der Waals surface area (Å²) in [6.07, 6.45) is 1.79. The molecule has 3 rings (SSSR count). The lowest BCUT2D eigenvalue weighted by atomic mass is 10.1. The Balaban J connectivity index is 2.03. The molecule has 3 nitrogen and oxygen atoms in total. The fraction of sp³-hybridized carbons (Fsp3) is 0. The highest BCUT2D eigenvalue weighted by molar-refractivity contribution is 14.1. The molecule has 0 aliphatic heterocycles. The van der Waals surface area contributed by atoms with Crippen molar-refractivity contribution in [2.75, 3.05) is 11.1 Å². The van der Waals surface area contributed by atoms with Crippen LogP contribution >= 0.6 is 22.6 Å². The summed E-state index contributed by atoms with van der Waals surface area (Å²) in [6.45, 7) is 0. The first-order valence-electron chi connectivity index (χ1n) is 5.89. The van der Waals surface area contributed by atoms with Crippen LogP contribution in [0.3, 0.4) is 0 Å². The topological polar surface area (TPSA) is 50.9 Å². The van der Waals surface area contributed by atoms with Gasteiger partial charge in [0.05, 0.1) is 5.52 Å². The van der Waals surface area contributed by atoms with E-state index in [1.165, 1.54) is 3.57 Å². The number of rotatable bonds is 2. The van der Waals surface area contributed by atoms with Crippen LogP contribution in [0.1, 0.15) is 0 Å². The van der Waals surface area contributed by atoms with Crippen molar-refractivity contribution in [2.24, 2.45) is 0 Å². The molecule has 0 saturated carbocycles. The van der Waals surface area contributed by atoms with Gasteiger partial charge in [-0.2, -0.15) is 0 Å². The first-order chi connectivity index (χ1) is 9.22. The Morgan fingerprint density at radius 2 is 1.79 bits per heavy atom. The number of hydrogen-bond acceptors (Lipinski definition) is 3. The van der Waals surface area contributed by atoms with Crippen molar-refractivity contribution in [2.45, 2.75) is 0 Å². The molecule has 1 aromatic heterocycles. The number of nitrogens with one attached hydrogen (secondary N) is 1. The average molecular weight is 361 g/mol. The zero-order valence-corrected chi connectivity index (χ0v) is 12.3. The first-order valence-corrected chi connectivity index (χ1v) is 6.97. The van der Waals surface area contributed by atoms with Crippen molar-refractivity contribution in [3.8, 4) is 0 Å². The molecule has 0 bridgehead atoms. The molecule has 2 aromatic carbocycles. The molecular weight excluding hydrogens is 349 g/mol. The largest absolute Gasteiger partial charge is 0.399 e. The second kappa shape index (κ2) is 5.05. The van der Waals surface area contributed by atoms with Crippen LogP contribution in [-0.4, -0.2) is 4.98 Å². The van der Waals surface area contributed by atoms with Gasteiger partial charge in [0.25, 0.3) is 0 Å². The van der Waals surface area contributed by atoms with E-state index in [9.17, 15) is 0 Å². The third-order valence-corrected chi connectivity index (χ3v) is 3.61. The van der Waals surface area contributed by atoms with Crippen LogP contribution in [0.4, 0.5) is 17.1 Å². The number of nitrogens with zero attached hydrogens (tertiary/aromatic N) is 1. The Bertz CT molecular complexity index is 723. The molecule has 0 radical (unpaired) electrons. The lowest BCUT2D eigenvalue weighted by Gasteiger charge is -2.09. The van der Waals surface area contributed by atoms with E-state index < -0.39 is 0 Å². The van der Waals surface area contributed by atoms with Gasteiger partial charge in [0, 0.05) is 32.2 Å². The van der Waals surface area contributed by atoms with Gasteiger partial charge in [-0.05, 0) is 71.1 Å². The number of aromatic nitrogens is 1. The van der Waals surface area contributed by atoms with E-state index in [1.807, 2.05) is 24.3 Å². The highest BCUT2D eigenvalue weighted by atomic mass is 127. The molecule has 4 heteroatoms. The molecule has 0 atom stereocenters. The van der Waals surface area contributed by atoms with Crippen molar-refractivity contribution >= 4 is 50.6 Å². The standard InChI is InChI=1S/C15H12IN3/c16-10-1-4-12(5-2-10)19-14-7-8-18-15-9-11(17)3-6-13(14)15/h1-9H,17H2,(H,18,19). The Kier molecular flexibility index (Phi) is 3.25. The summed E-state index contributed by atoms with van der Waals surface area (Å²) in [6, 6.07) is 16.0. The molecule has 19 heavy (non-hydrogen) atoms. The number of benzene rings is 2. The van der Waals surface area contributed by atoms with Crippen LogP contribution < -0.4 is 11.1 Å². The van der Waals surface area contributed by atoms with Gasteiger partial charge in [-0.3, -0.25) is 4.98 Å². The van der Waals surface area contributed by atoms with E-state index in [1.54, 1.807) is 6.20 Å². The highest BCUT2D eigenvalue weighted by Crippen LogP contribution is 2.26. The number of anilines is 3. The van der Waals surface area contributed by atoms with Crippen LogP contribution in [-0.2, 0) is 0 Å². The van der Waals surface area contributed by atoms with Crippen molar-refractivity contribution < 1.29 is 0 Å². The molecule has 0 aliphatic rings. The van der Waals surface area contributed by atoms with Crippen molar-refractivity contribution in [1.82, 2.24) is 4.98 Å². The van der Waals surface area contributed by atoms with Crippen molar-refractivity contribution in [3.63, 3.8) is 0 Å². The predicted molar refractivity (Wildman–Crippen MR) is 88.6 cm³/mol. The van der Waals surface area contributed by atoms with Gasteiger partial charge in [0.1, 0.15) is 0 Å². The van der Waals surface area contributed by atoms with Crippen LogP contribution in [0.5, 0.6) is 0 Å². The smallest absolute Gasteiger partial charge is 0.0743 e. The fourth-order valence-corrected chi connectivity index (χ4v) is 2.32. The van der Waals surface area contributed by atoms with Gasteiger partial charge < -0.3 is 11.1 Å². The van der Waals surface area contributed by atoms with Gasteiger partial charge in [0.2, 0.25) is 0 Å². The lowest BCUT2D eigenvalue weighted by Crippen LogP contribution is -1.93. The zero-order valence-electron chi connectivity index (χ0n) is 10.1. The van der Waals surface area contributed by atoms with E-state index in [-0.39, 0.29) is 0 Å². The zero-order chi connectivity index (χ0) is 13.2. The Hall–Kier alpha value is -1.82. The number of fused-ring (bicyclic) bond motifs is 1. The highest BCUT2D eigenvalue weighted by Gasteiger charge is 2.02. The second-order valence-electron chi connectivity index (χ2n) is 4.27. The molecule has 94 valence electrons. The number of halogens is 1. The van der Waals surface area contributed by atoms with Gasteiger partial charge >= 0.3 is 0 Å². The third-order valence-electron chi connectivity index (χ3n) is 2.89. The molecule has 3 aromatic rings. The number of pyridine rings is 1. The van der Waals surface area contributed by atoms with E-state index >= 15 is 0 Å². The van der Waals surface area contributed by atoms with Crippen LogP contribution in [0.2, 0.25) is 0 Å². The maximum Gasteiger partial charge on any atom is 0.0743 e. The lowest BCUT2D eigenvalue weighted by molar-refractivity contribution is 1.40.